The van der Waals surface area contributed by atoms with Gasteiger partial charge in [0.25, 0.3) is 11.6 Å². The topological polar surface area (TPSA) is 135 Å². The maximum atomic E-state index is 13.0. The molecule has 0 radical (unpaired) electrons. The van der Waals surface area contributed by atoms with Crippen LogP contribution in [0.4, 0.5) is 5.69 Å². The number of sulfonamides is 1. The summed E-state index contributed by atoms with van der Waals surface area (Å²) in [4.78, 5) is 23.2. The van der Waals surface area contributed by atoms with Gasteiger partial charge >= 0.3 is 0 Å². The monoisotopic (exact) mass is 580 g/mol. The van der Waals surface area contributed by atoms with Gasteiger partial charge in [0.05, 0.1) is 16.0 Å². The van der Waals surface area contributed by atoms with Crippen molar-refractivity contribution in [1.82, 2.24) is 9.73 Å². The molecule has 1 saturated heterocycles. The van der Waals surface area contributed by atoms with Gasteiger partial charge in [-0.15, -0.1) is 0 Å². The van der Waals surface area contributed by atoms with E-state index in [1.807, 2.05) is 0 Å². The molecule has 1 N–H and O–H groups in total. The number of rotatable bonds is 7. The molecule has 0 bridgehead atoms. The van der Waals surface area contributed by atoms with Gasteiger partial charge in [0.2, 0.25) is 10.0 Å². The van der Waals surface area contributed by atoms with E-state index in [4.69, 9.17) is 16.0 Å². The number of hydrogen-bond acceptors (Lipinski definition) is 7. The highest BCUT2D eigenvalue weighted by Crippen LogP contribution is 2.32. The normalized spacial score (nSPS) is 16.6. The summed E-state index contributed by atoms with van der Waals surface area (Å²) in [5, 5.41) is 15.2. The van der Waals surface area contributed by atoms with Gasteiger partial charge in [-0.25, -0.2) is 13.8 Å². The number of hydrogen-bond donors (Lipinski definition) is 1. The molecule has 4 rings (SSSR count). The lowest BCUT2D eigenvalue weighted by Gasteiger charge is -2.22. The van der Waals surface area contributed by atoms with Gasteiger partial charge in [-0.2, -0.15) is 9.41 Å². The van der Waals surface area contributed by atoms with Gasteiger partial charge in [-0.3, -0.25) is 14.9 Å². The molecule has 0 aliphatic carbocycles. The van der Waals surface area contributed by atoms with Crippen molar-refractivity contribution in [3.8, 4) is 11.3 Å². The Bertz CT molecular complexity index is 1410. The van der Waals surface area contributed by atoms with E-state index >= 15 is 0 Å². The Labute approximate surface area is 213 Å². The maximum absolute atomic E-state index is 13.0. The number of nitro benzene ring substituents is 1. The first kappa shape index (κ1) is 25.0. The third kappa shape index (κ3) is 5.45. The first-order valence-electron chi connectivity index (χ1n) is 10.3. The molecule has 1 atom stereocenters. The van der Waals surface area contributed by atoms with E-state index in [0.717, 1.165) is 4.31 Å². The van der Waals surface area contributed by atoms with Crippen molar-refractivity contribution >= 4 is 55.4 Å². The summed E-state index contributed by atoms with van der Waals surface area (Å²) in [7, 11) is -3.87. The number of carbonyl (C=O) groups excluding carboxylic acids is 1. The standard InChI is InChI=1S/C22H18BrClN4O6S/c23-19-12-15(28(30)31)5-9-18(19)21-10-6-16(34-21)13-25-26-22(29)20-2-1-11-27(20)35(32,33)17-7-3-14(24)4-8-17/h3-10,12-13,20H,1-2,11H2,(H,26,29)/b25-13-/t20-/m0/s1. The lowest BCUT2D eigenvalue weighted by atomic mass is 10.1. The Hall–Kier alpha value is -3.06. The zero-order chi connectivity index (χ0) is 25.2. The smallest absolute Gasteiger partial charge is 0.270 e. The highest BCUT2D eigenvalue weighted by atomic mass is 79.9. The number of nitrogens with one attached hydrogen (secondary N) is 1. The van der Waals surface area contributed by atoms with Crippen molar-refractivity contribution in [2.24, 2.45) is 5.10 Å². The van der Waals surface area contributed by atoms with E-state index in [2.05, 4.69) is 26.5 Å². The average molecular weight is 582 g/mol. The van der Waals surface area contributed by atoms with Gasteiger partial charge in [-0.05, 0) is 71.2 Å². The number of amides is 1. The zero-order valence-corrected chi connectivity index (χ0v) is 21.1. The van der Waals surface area contributed by atoms with Crippen LogP contribution in [-0.4, -0.2) is 42.4 Å². The Morgan fingerprint density at radius 2 is 1.97 bits per heavy atom. The molecule has 1 amide bonds. The van der Waals surface area contributed by atoms with Gasteiger partial charge in [0.15, 0.2) is 0 Å². The third-order valence-corrected chi connectivity index (χ3v) is 8.18. The minimum absolute atomic E-state index is 0.0595. The van der Waals surface area contributed by atoms with Crippen LogP contribution in [0, 0.1) is 10.1 Å². The van der Waals surface area contributed by atoms with Crippen LogP contribution < -0.4 is 5.43 Å². The summed E-state index contributed by atoms with van der Waals surface area (Å²) in [6, 6.07) is 12.4. The number of hydrazone groups is 1. The minimum atomic E-state index is -3.87. The fourth-order valence-corrected chi connectivity index (χ4v) is 5.99. The van der Waals surface area contributed by atoms with Crippen LogP contribution in [0.15, 0.2) is 73.5 Å². The van der Waals surface area contributed by atoms with Crippen LogP contribution in [-0.2, 0) is 14.8 Å². The first-order valence-corrected chi connectivity index (χ1v) is 12.9. The molecule has 182 valence electrons. The number of furan rings is 1. The van der Waals surface area contributed by atoms with Crippen molar-refractivity contribution in [3.05, 3.63) is 80.0 Å². The van der Waals surface area contributed by atoms with Crippen LogP contribution in [0.2, 0.25) is 5.02 Å². The van der Waals surface area contributed by atoms with Gasteiger partial charge < -0.3 is 4.42 Å². The lowest BCUT2D eigenvalue weighted by Crippen LogP contribution is -2.44. The molecule has 0 unspecified atom stereocenters. The highest BCUT2D eigenvalue weighted by Gasteiger charge is 2.39. The van der Waals surface area contributed by atoms with Crippen LogP contribution in [0.25, 0.3) is 11.3 Å². The van der Waals surface area contributed by atoms with E-state index < -0.39 is 26.9 Å². The van der Waals surface area contributed by atoms with Crippen LogP contribution in [0.1, 0.15) is 18.6 Å². The molecule has 35 heavy (non-hydrogen) atoms. The van der Waals surface area contributed by atoms with Crippen molar-refractivity contribution < 1.29 is 22.6 Å². The Kier molecular flexibility index (Phi) is 7.36. The second kappa shape index (κ2) is 10.3. The molecule has 2 aromatic carbocycles. The molecule has 13 heteroatoms. The van der Waals surface area contributed by atoms with E-state index in [1.54, 1.807) is 18.2 Å². The van der Waals surface area contributed by atoms with E-state index in [-0.39, 0.29) is 17.1 Å². The highest BCUT2D eigenvalue weighted by molar-refractivity contribution is 9.10. The molecule has 0 spiro atoms. The van der Waals surface area contributed by atoms with Crippen LogP contribution >= 0.6 is 27.5 Å². The summed E-state index contributed by atoms with van der Waals surface area (Å²) in [5.41, 5.74) is 2.92. The molecule has 1 aromatic heterocycles. The molecule has 1 aliphatic heterocycles. The number of benzene rings is 2. The zero-order valence-electron chi connectivity index (χ0n) is 17.9. The van der Waals surface area contributed by atoms with Gasteiger partial charge in [-0.1, -0.05) is 11.6 Å². The summed E-state index contributed by atoms with van der Waals surface area (Å²) in [6.45, 7) is 0.221. The Morgan fingerprint density at radius 3 is 2.66 bits per heavy atom. The van der Waals surface area contributed by atoms with Gasteiger partial charge in [0.1, 0.15) is 17.6 Å². The van der Waals surface area contributed by atoms with Crippen molar-refractivity contribution in [1.29, 1.82) is 0 Å². The molecule has 1 fully saturated rings. The number of non-ortho nitro benzene ring substituents is 1. The largest absolute Gasteiger partial charge is 0.455 e. The lowest BCUT2D eigenvalue weighted by molar-refractivity contribution is -0.384. The van der Waals surface area contributed by atoms with E-state index in [0.29, 0.717) is 39.4 Å². The van der Waals surface area contributed by atoms with Crippen LogP contribution in [0.5, 0.6) is 0 Å². The quantitative estimate of drug-likeness (QED) is 0.247. The Balaban J connectivity index is 1.43. The van der Waals surface area contributed by atoms with Crippen molar-refractivity contribution in [3.63, 3.8) is 0 Å². The molecule has 10 nitrogen and oxygen atoms in total. The fraction of sp³-hybridized carbons (Fsp3) is 0.182. The molecule has 3 aromatic rings. The second-order valence-corrected chi connectivity index (χ2v) is 10.8. The number of carbonyl (C=O) groups is 1. The van der Waals surface area contributed by atoms with Crippen LogP contribution in [0.3, 0.4) is 0 Å². The molecule has 2 heterocycles. The number of nitrogens with zero attached hydrogens (tertiary/aromatic N) is 3. The molecular weight excluding hydrogens is 564 g/mol. The fourth-order valence-electron chi connectivity index (χ4n) is 3.65. The van der Waals surface area contributed by atoms with Crippen molar-refractivity contribution in [2.45, 2.75) is 23.8 Å². The summed E-state index contributed by atoms with van der Waals surface area (Å²) < 4.78 is 33.3. The first-order chi connectivity index (χ1) is 16.7. The molecule has 1 aliphatic rings. The SMILES string of the molecule is O=C(N/N=C\c1ccc(-c2ccc([N+](=O)[O-])cc2Br)o1)[C@@H]1CCCN1S(=O)(=O)c1ccc(Cl)cc1. The van der Waals surface area contributed by atoms with E-state index in [1.165, 1.54) is 42.6 Å². The predicted octanol–water partition coefficient (Wildman–Crippen LogP) is 4.57. The Morgan fingerprint density at radius 1 is 1.23 bits per heavy atom. The second-order valence-electron chi connectivity index (χ2n) is 7.59. The maximum Gasteiger partial charge on any atom is 0.270 e. The average Bonchev–Trinajstić information content (AvgIpc) is 3.49. The third-order valence-electron chi connectivity index (χ3n) is 5.35. The van der Waals surface area contributed by atoms with Crippen molar-refractivity contribution in [2.75, 3.05) is 6.54 Å². The summed E-state index contributed by atoms with van der Waals surface area (Å²) in [5.74, 6) is 0.208. The predicted molar refractivity (Wildman–Crippen MR) is 133 cm³/mol. The molecular formula is C22H18BrClN4O6S. The van der Waals surface area contributed by atoms with Gasteiger partial charge in [0, 0.05) is 33.7 Å². The number of nitro groups is 1. The summed E-state index contributed by atoms with van der Waals surface area (Å²) >= 11 is 9.14. The van der Waals surface area contributed by atoms with E-state index in [9.17, 15) is 23.3 Å². The number of halogens is 2. The molecule has 0 saturated carbocycles. The minimum Gasteiger partial charge on any atom is -0.455 e. The summed E-state index contributed by atoms with van der Waals surface area (Å²) in [6.07, 6.45) is 2.20.